The third-order valence-corrected chi connectivity index (χ3v) is 6.71. The van der Waals surface area contributed by atoms with Crippen LogP contribution in [0.4, 0.5) is 10.5 Å². The zero-order valence-electron chi connectivity index (χ0n) is 18.8. The van der Waals surface area contributed by atoms with Crippen LogP contribution in [0.25, 0.3) is 22.0 Å². The van der Waals surface area contributed by atoms with Crippen molar-refractivity contribution >= 4 is 40.1 Å². The van der Waals surface area contributed by atoms with E-state index in [0.29, 0.717) is 42.3 Å². The Morgan fingerprint density at radius 3 is 2.91 bits per heavy atom. The molecule has 1 fully saturated rings. The van der Waals surface area contributed by atoms with E-state index >= 15 is 0 Å². The summed E-state index contributed by atoms with van der Waals surface area (Å²) in [6.07, 6.45) is 2.38. The van der Waals surface area contributed by atoms with Crippen LogP contribution in [0.15, 0.2) is 66.9 Å². The first-order valence-corrected chi connectivity index (χ1v) is 11.9. The summed E-state index contributed by atoms with van der Waals surface area (Å²) in [5, 5.41) is 7.53. The van der Waals surface area contributed by atoms with E-state index < -0.39 is 0 Å². The second-order valence-corrected chi connectivity index (χ2v) is 9.25. The second kappa shape index (κ2) is 8.67. The summed E-state index contributed by atoms with van der Waals surface area (Å²) >= 11 is 6.45. The van der Waals surface area contributed by atoms with Crippen LogP contribution in [0, 0.1) is 0 Å². The number of H-pyrrole nitrogens is 1. The molecule has 176 valence electrons. The fraction of sp³-hybridized carbons (Fsp3) is 0.185. The van der Waals surface area contributed by atoms with Crippen LogP contribution >= 0.6 is 11.6 Å². The molecule has 7 nitrogen and oxygen atoms in total. The maximum Gasteiger partial charge on any atom is 0.321 e. The van der Waals surface area contributed by atoms with Crippen molar-refractivity contribution in [3.8, 4) is 16.9 Å². The first-order chi connectivity index (χ1) is 17.0. The Balaban J connectivity index is 1.17. The fourth-order valence-electron chi connectivity index (χ4n) is 4.79. The highest BCUT2D eigenvalue weighted by Crippen LogP contribution is 2.41. The number of carbonyl (C=O) groups excluding carboxylic acids is 2. The van der Waals surface area contributed by atoms with Crippen molar-refractivity contribution in [3.05, 3.63) is 83.0 Å². The van der Waals surface area contributed by atoms with E-state index in [-0.39, 0.29) is 18.0 Å². The molecule has 3 amide bonds. The normalized spacial score (nSPS) is 16.8. The van der Waals surface area contributed by atoms with Crippen molar-refractivity contribution in [2.24, 2.45) is 0 Å². The van der Waals surface area contributed by atoms with E-state index in [4.69, 9.17) is 16.3 Å². The lowest BCUT2D eigenvalue weighted by Crippen LogP contribution is -2.34. The lowest BCUT2D eigenvalue weighted by molar-refractivity contribution is 0.0933. The summed E-state index contributed by atoms with van der Waals surface area (Å²) < 4.78 is 6.30. The standard InChI is InChI=1S/C27H23ClN4O3/c28-20-11-19-13-22(35-25(19)23(14-20)16-4-5-24-17(10-16)6-7-29-24)15-31-26(33)18-2-1-3-21(12-18)32-9-8-30-27(32)34/h1-7,10-12,14,22,29H,8-9,13,15H2,(H,30,34)(H,31,33)/t22-/m0/s1. The number of rotatable bonds is 5. The first-order valence-electron chi connectivity index (χ1n) is 11.6. The smallest absolute Gasteiger partial charge is 0.321 e. The van der Waals surface area contributed by atoms with E-state index in [0.717, 1.165) is 33.3 Å². The average molecular weight is 487 g/mol. The number of nitrogens with zero attached hydrogens (tertiary/aromatic N) is 1. The van der Waals surface area contributed by atoms with Crippen LogP contribution in [0.2, 0.25) is 5.02 Å². The molecule has 0 radical (unpaired) electrons. The third kappa shape index (κ3) is 4.08. The molecule has 6 rings (SSSR count). The highest BCUT2D eigenvalue weighted by molar-refractivity contribution is 6.31. The van der Waals surface area contributed by atoms with Gasteiger partial charge in [0.25, 0.3) is 5.91 Å². The molecule has 1 aromatic heterocycles. The van der Waals surface area contributed by atoms with Crippen molar-refractivity contribution < 1.29 is 14.3 Å². The van der Waals surface area contributed by atoms with Crippen LogP contribution in [-0.4, -0.2) is 42.7 Å². The van der Waals surface area contributed by atoms with Gasteiger partial charge in [0.05, 0.1) is 6.54 Å². The van der Waals surface area contributed by atoms with E-state index in [1.807, 2.05) is 36.5 Å². The number of urea groups is 1. The van der Waals surface area contributed by atoms with Crippen LogP contribution in [0.5, 0.6) is 5.75 Å². The van der Waals surface area contributed by atoms with Crippen LogP contribution < -0.4 is 20.3 Å². The molecule has 4 aromatic rings. The number of aromatic amines is 1. The summed E-state index contributed by atoms with van der Waals surface area (Å²) in [5.41, 5.74) is 5.28. The molecule has 1 saturated heterocycles. The van der Waals surface area contributed by atoms with Gasteiger partial charge in [-0.25, -0.2) is 4.79 Å². The van der Waals surface area contributed by atoms with E-state index in [9.17, 15) is 9.59 Å². The number of benzene rings is 3. The largest absolute Gasteiger partial charge is 0.487 e. The van der Waals surface area contributed by atoms with Crippen molar-refractivity contribution in [2.75, 3.05) is 24.5 Å². The van der Waals surface area contributed by atoms with Gasteiger partial charge < -0.3 is 20.4 Å². The number of aromatic nitrogens is 1. The Morgan fingerprint density at radius 1 is 1.14 bits per heavy atom. The van der Waals surface area contributed by atoms with E-state index in [1.54, 1.807) is 23.1 Å². The molecule has 0 unspecified atom stereocenters. The second-order valence-electron chi connectivity index (χ2n) is 8.81. The molecule has 8 heteroatoms. The van der Waals surface area contributed by atoms with Gasteiger partial charge in [0.2, 0.25) is 0 Å². The van der Waals surface area contributed by atoms with Gasteiger partial charge >= 0.3 is 6.03 Å². The number of fused-ring (bicyclic) bond motifs is 2. The van der Waals surface area contributed by atoms with E-state index in [1.165, 1.54) is 0 Å². The maximum atomic E-state index is 12.9. The van der Waals surface area contributed by atoms with Crippen LogP contribution in [0.1, 0.15) is 15.9 Å². The number of anilines is 1. The Morgan fingerprint density at radius 2 is 2.06 bits per heavy atom. The molecule has 2 aliphatic heterocycles. The summed E-state index contributed by atoms with van der Waals surface area (Å²) in [5.74, 6) is 0.604. The minimum Gasteiger partial charge on any atom is -0.487 e. The molecule has 3 aromatic carbocycles. The summed E-state index contributed by atoms with van der Waals surface area (Å²) in [7, 11) is 0. The minimum absolute atomic E-state index is 0.148. The lowest BCUT2D eigenvalue weighted by atomic mass is 9.99. The van der Waals surface area contributed by atoms with Crippen molar-refractivity contribution in [2.45, 2.75) is 12.5 Å². The zero-order valence-corrected chi connectivity index (χ0v) is 19.6. The van der Waals surface area contributed by atoms with Crippen molar-refractivity contribution in [1.29, 1.82) is 0 Å². The van der Waals surface area contributed by atoms with Crippen LogP contribution in [0.3, 0.4) is 0 Å². The summed E-state index contributed by atoms with van der Waals surface area (Å²) in [6, 6.07) is 19.0. The van der Waals surface area contributed by atoms with Gasteiger partial charge in [-0.3, -0.25) is 9.69 Å². The number of ether oxygens (including phenoxy) is 1. The molecule has 2 aliphatic rings. The van der Waals surface area contributed by atoms with Gasteiger partial charge in [-0.15, -0.1) is 0 Å². The monoisotopic (exact) mass is 486 g/mol. The highest BCUT2D eigenvalue weighted by Gasteiger charge is 2.28. The topological polar surface area (TPSA) is 86.5 Å². The van der Waals surface area contributed by atoms with Gasteiger partial charge in [-0.05, 0) is 59.5 Å². The maximum absolute atomic E-state index is 12.9. The number of halogens is 1. The molecule has 0 saturated carbocycles. The molecule has 3 N–H and O–H groups in total. The number of hydrogen-bond acceptors (Lipinski definition) is 3. The molecule has 0 aliphatic carbocycles. The van der Waals surface area contributed by atoms with Gasteiger partial charge in [0.1, 0.15) is 11.9 Å². The molecule has 35 heavy (non-hydrogen) atoms. The summed E-state index contributed by atoms with van der Waals surface area (Å²) in [4.78, 5) is 29.6. The third-order valence-electron chi connectivity index (χ3n) is 6.49. The Labute approximate surface area is 207 Å². The molecular weight excluding hydrogens is 464 g/mol. The average Bonchev–Trinajstić information content (AvgIpc) is 3.60. The van der Waals surface area contributed by atoms with Gasteiger partial charge in [-0.1, -0.05) is 23.7 Å². The van der Waals surface area contributed by atoms with Crippen molar-refractivity contribution in [3.63, 3.8) is 0 Å². The molecule has 1 atom stereocenters. The SMILES string of the molecule is O=C(NC[C@@H]1Cc2cc(Cl)cc(-c3ccc4[nH]ccc4c3)c2O1)c1cccc(N2CCNC2=O)c1. The van der Waals surface area contributed by atoms with Gasteiger partial charge in [0, 0.05) is 58.6 Å². The van der Waals surface area contributed by atoms with Gasteiger partial charge in [0.15, 0.2) is 0 Å². The lowest BCUT2D eigenvalue weighted by Gasteiger charge is -2.16. The van der Waals surface area contributed by atoms with Gasteiger partial charge in [-0.2, -0.15) is 0 Å². The molecular formula is C27H23ClN4O3. The fourth-order valence-corrected chi connectivity index (χ4v) is 5.03. The zero-order chi connectivity index (χ0) is 23.9. The minimum atomic E-state index is -0.206. The van der Waals surface area contributed by atoms with Crippen LogP contribution in [-0.2, 0) is 6.42 Å². The number of carbonyl (C=O) groups is 2. The quantitative estimate of drug-likeness (QED) is 0.380. The number of nitrogens with one attached hydrogen (secondary N) is 3. The molecule has 0 spiro atoms. The van der Waals surface area contributed by atoms with E-state index in [2.05, 4.69) is 27.8 Å². The highest BCUT2D eigenvalue weighted by atomic mass is 35.5. The Kier molecular flexibility index (Phi) is 5.34. The summed E-state index contributed by atoms with van der Waals surface area (Å²) in [6.45, 7) is 1.54. The predicted octanol–water partition coefficient (Wildman–Crippen LogP) is 4.75. The Bertz CT molecular complexity index is 1460. The van der Waals surface area contributed by atoms with Crippen molar-refractivity contribution in [1.82, 2.24) is 15.6 Å². The first kappa shape index (κ1) is 21.6. The number of amides is 3. The number of hydrogen-bond donors (Lipinski definition) is 3. The molecule has 0 bridgehead atoms. The Hall–Kier alpha value is -3.97. The molecule has 3 heterocycles. The predicted molar refractivity (Wildman–Crippen MR) is 136 cm³/mol.